The fourth-order valence-electron chi connectivity index (χ4n) is 2.10. The van der Waals surface area contributed by atoms with Crippen LogP contribution in [0.15, 0.2) is 0 Å². The third kappa shape index (κ3) is 4.84. The Morgan fingerprint density at radius 1 is 1.12 bits per heavy atom. The standard InChI is InChI=1S/C14H29NO/c1-13(2,3)8-7-12-11-15(9-10-16-12)14(4,5)6/h12H,7-11H2,1-6H3. The van der Waals surface area contributed by atoms with E-state index in [9.17, 15) is 0 Å². The van der Waals surface area contributed by atoms with Gasteiger partial charge >= 0.3 is 0 Å². The van der Waals surface area contributed by atoms with Gasteiger partial charge in [-0.15, -0.1) is 0 Å². The third-order valence-corrected chi connectivity index (χ3v) is 3.30. The van der Waals surface area contributed by atoms with Crippen molar-refractivity contribution in [2.24, 2.45) is 5.41 Å². The van der Waals surface area contributed by atoms with Gasteiger partial charge in [-0.1, -0.05) is 20.8 Å². The first-order chi connectivity index (χ1) is 7.18. The molecule has 2 heteroatoms. The maximum Gasteiger partial charge on any atom is 0.0703 e. The van der Waals surface area contributed by atoms with Crippen LogP contribution < -0.4 is 0 Å². The summed E-state index contributed by atoms with van der Waals surface area (Å²) in [6, 6.07) is 0. The van der Waals surface area contributed by atoms with E-state index in [0.29, 0.717) is 11.5 Å². The Balaban J connectivity index is 2.39. The number of morpholine rings is 1. The highest BCUT2D eigenvalue weighted by Gasteiger charge is 2.28. The first-order valence-electron chi connectivity index (χ1n) is 6.55. The Morgan fingerprint density at radius 3 is 2.25 bits per heavy atom. The molecule has 0 spiro atoms. The van der Waals surface area contributed by atoms with Crippen molar-refractivity contribution in [1.82, 2.24) is 4.90 Å². The van der Waals surface area contributed by atoms with E-state index in [-0.39, 0.29) is 5.54 Å². The quantitative estimate of drug-likeness (QED) is 0.717. The first-order valence-corrected chi connectivity index (χ1v) is 6.55. The van der Waals surface area contributed by atoms with E-state index in [0.717, 1.165) is 19.7 Å². The molecule has 96 valence electrons. The summed E-state index contributed by atoms with van der Waals surface area (Å²) in [7, 11) is 0. The molecule has 1 saturated heterocycles. The molecule has 0 radical (unpaired) electrons. The van der Waals surface area contributed by atoms with Crippen molar-refractivity contribution in [3.63, 3.8) is 0 Å². The number of ether oxygens (including phenoxy) is 1. The first kappa shape index (κ1) is 14.0. The molecule has 0 amide bonds. The van der Waals surface area contributed by atoms with Crippen molar-refractivity contribution in [2.75, 3.05) is 19.7 Å². The van der Waals surface area contributed by atoms with Gasteiger partial charge < -0.3 is 4.74 Å². The lowest BCUT2D eigenvalue weighted by molar-refractivity contribution is -0.0638. The van der Waals surface area contributed by atoms with Gasteiger partial charge in [0, 0.05) is 18.6 Å². The fourth-order valence-corrected chi connectivity index (χ4v) is 2.10. The monoisotopic (exact) mass is 227 g/mol. The largest absolute Gasteiger partial charge is 0.376 e. The van der Waals surface area contributed by atoms with Crippen molar-refractivity contribution >= 4 is 0 Å². The fraction of sp³-hybridized carbons (Fsp3) is 1.00. The summed E-state index contributed by atoms with van der Waals surface area (Å²) in [4.78, 5) is 2.55. The van der Waals surface area contributed by atoms with Crippen LogP contribution in [0, 0.1) is 5.41 Å². The Kier molecular flexibility index (Phi) is 4.42. The molecule has 0 aromatic carbocycles. The van der Waals surface area contributed by atoms with Crippen LogP contribution in [-0.4, -0.2) is 36.2 Å². The van der Waals surface area contributed by atoms with E-state index in [1.54, 1.807) is 0 Å². The number of hydrogen-bond donors (Lipinski definition) is 0. The predicted molar refractivity (Wildman–Crippen MR) is 69.8 cm³/mol. The molecule has 16 heavy (non-hydrogen) atoms. The van der Waals surface area contributed by atoms with Crippen LogP contribution in [0.5, 0.6) is 0 Å². The van der Waals surface area contributed by atoms with Crippen LogP contribution in [0.1, 0.15) is 54.4 Å². The number of hydrogen-bond acceptors (Lipinski definition) is 2. The Labute approximate surface area is 101 Å². The van der Waals surface area contributed by atoms with E-state index >= 15 is 0 Å². The predicted octanol–water partition coefficient (Wildman–Crippen LogP) is 3.31. The van der Waals surface area contributed by atoms with Gasteiger partial charge in [0.1, 0.15) is 0 Å². The van der Waals surface area contributed by atoms with Crippen LogP contribution in [0.3, 0.4) is 0 Å². The zero-order chi connectivity index (χ0) is 12.4. The van der Waals surface area contributed by atoms with Gasteiger partial charge in [-0.25, -0.2) is 0 Å². The molecule has 1 atom stereocenters. The summed E-state index contributed by atoms with van der Waals surface area (Å²) >= 11 is 0. The molecule has 0 saturated carbocycles. The Hall–Kier alpha value is -0.0800. The van der Waals surface area contributed by atoms with Gasteiger partial charge in [-0.3, -0.25) is 4.90 Å². The van der Waals surface area contributed by atoms with E-state index in [1.807, 2.05) is 0 Å². The van der Waals surface area contributed by atoms with Crippen molar-refractivity contribution < 1.29 is 4.74 Å². The maximum absolute atomic E-state index is 5.86. The average molecular weight is 227 g/mol. The second-order valence-electron chi connectivity index (χ2n) is 7.21. The SMILES string of the molecule is CC(C)(C)CCC1CN(C(C)(C)C)CCO1. The van der Waals surface area contributed by atoms with Crippen LogP contribution in [0.2, 0.25) is 0 Å². The van der Waals surface area contributed by atoms with Crippen molar-refractivity contribution in [3.05, 3.63) is 0 Å². The molecule has 0 bridgehead atoms. The number of nitrogens with zero attached hydrogens (tertiary/aromatic N) is 1. The molecule has 0 N–H and O–H groups in total. The van der Waals surface area contributed by atoms with Gasteiger partial charge in [0.05, 0.1) is 12.7 Å². The minimum atomic E-state index is 0.282. The maximum atomic E-state index is 5.86. The average Bonchev–Trinajstić information content (AvgIpc) is 2.13. The Bertz CT molecular complexity index is 212. The molecule has 1 rings (SSSR count). The minimum Gasteiger partial charge on any atom is -0.376 e. The normalized spacial score (nSPS) is 24.8. The van der Waals surface area contributed by atoms with Gasteiger partial charge in [0.15, 0.2) is 0 Å². The third-order valence-electron chi connectivity index (χ3n) is 3.30. The Morgan fingerprint density at radius 2 is 1.75 bits per heavy atom. The lowest BCUT2D eigenvalue weighted by Gasteiger charge is -2.42. The molecule has 0 aliphatic carbocycles. The summed E-state index contributed by atoms with van der Waals surface area (Å²) < 4.78 is 5.86. The van der Waals surface area contributed by atoms with Crippen LogP contribution >= 0.6 is 0 Å². The summed E-state index contributed by atoms with van der Waals surface area (Å²) in [6.07, 6.45) is 2.87. The minimum absolute atomic E-state index is 0.282. The van der Waals surface area contributed by atoms with Crippen molar-refractivity contribution in [3.8, 4) is 0 Å². The highest BCUT2D eigenvalue weighted by atomic mass is 16.5. The molecular formula is C14H29NO. The van der Waals surface area contributed by atoms with E-state index in [4.69, 9.17) is 4.74 Å². The molecule has 1 aliphatic rings. The molecule has 0 aromatic rings. The van der Waals surface area contributed by atoms with Gasteiger partial charge in [-0.05, 0) is 39.0 Å². The summed E-state index contributed by atoms with van der Waals surface area (Å²) in [5, 5.41) is 0. The zero-order valence-corrected chi connectivity index (χ0v) is 12.0. The van der Waals surface area contributed by atoms with Crippen LogP contribution in [0.25, 0.3) is 0 Å². The number of rotatable bonds is 2. The highest BCUT2D eigenvalue weighted by Crippen LogP contribution is 2.25. The van der Waals surface area contributed by atoms with Crippen LogP contribution in [0.4, 0.5) is 0 Å². The molecular weight excluding hydrogens is 198 g/mol. The molecule has 1 aliphatic heterocycles. The molecule has 1 heterocycles. The van der Waals surface area contributed by atoms with Gasteiger partial charge in [0.2, 0.25) is 0 Å². The van der Waals surface area contributed by atoms with Gasteiger partial charge in [-0.2, -0.15) is 0 Å². The topological polar surface area (TPSA) is 12.5 Å². The van der Waals surface area contributed by atoms with E-state index < -0.39 is 0 Å². The summed E-state index contributed by atoms with van der Waals surface area (Å²) in [6.45, 7) is 16.9. The zero-order valence-electron chi connectivity index (χ0n) is 12.0. The molecule has 0 aromatic heterocycles. The summed E-state index contributed by atoms with van der Waals surface area (Å²) in [5.41, 5.74) is 0.705. The van der Waals surface area contributed by atoms with Gasteiger partial charge in [0.25, 0.3) is 0 Å². The smallest absolute Gasteiger partial charge is 0.0703 e. The molecule has 1 fully saturated rings. The van der Waals surface area contributed by atoms with E-state index in [2.05, 4.69) is 46.4 Å². The second-order valence-corrected chi connectivity index (χ2v) is 7.21. The summed E-state index contributed by atoms with van der Waals surface area (Å²) in [5.74, 6) is 0. The van der Waals surface area contributed by atoms with Crippen molar-refractivity contribution in [2.45, 2.75) is 66.0 Å². The highest BCUT2D eigenvalue weighted by molar-refractivity contribution is 4.82. The lowest BCUT2D eigenvalue weighted by atomic mass is 9.89. The lowest BCUT2D eigenvalue weighted by Crippen LogP contribution is -2.51. The molecule has 2 nitrogen and oxygen atoms in total. The van der Waals surface area contributed by atoms with Crippen LogP contribution in [-0.2, 0) is 4.74 Å². The second kappa shape index (κ2) is 5.05. The van der Waals surface area contributed by atoms with Crippen molar-refractivity contribution in [1.29, 1.82) is 0 Å². The molecule has 1 unspecified atom stereocenters. The van der Waals surface area contributed by atoms with E-state index in [1.165, 1.54) is 12.8 Å².